The quantitative estimate of drug-likeness (QED) is 0.718. The van der Waals surface area contributed by atoms with Crippen LogP contribution in [0.15, 0.2) is 24.3 Å². The topological polar surface area (TPSA) is 78.4 Å². The third-order valence-electron chi connectivity index (χ3n) is 2.64. The van der Waals surface area contributed by atoms with Gasteiger partial charge in [-0.3, -0.25) is 4.79 Å². The standard InChI is InChI=1S/C13H18N2O3/c1-3-9(2)14-8-12(16)15-11-6-4-10(5-7-11)13(17)18/h4-7,9,14H,3,8H2,1-2H3,(H,15,16)(H,17,18). The van der Waals surface area contributed by atoms with Crippen LogP contribution in [0.5, 0.6) is 0 Å². The highest BCUT2D eigenvalue weighted by Gasteiger charge is 2.06. The molecule has 18 heavy (non-hydrogen) atoms. The second-order valence-corrected chi connectivity index (χ2v) is 4.12. The van der Waals surface area contributed by atoms with Crippen molar-refractivity contribution >= 4 is 17.6 Å². The molecule has 5 heteroatoms. The van der Waals surface area contributed by atoms with Crippen molar-refractivity contribution in [2.75, 3.05) is 11.9 Å². The Kier molecular flexibility index (Phi) is 5.32. The van der Waals surface area contributed by atoms with Crippen LogP contribution in [-0.4, -0.2) is 29.6 Å². The number of nitrogens with one attached hydrogen (secondary N) is 2. The van der Waals surface area contributed by atoms with Gasteiger partial charge >= 0.3 is 5.97 Å². The van der Waals surface area contributed by atoms with Crippen molar-refractivity contribution in [2.24, 2.45) is 0 Å². The second kappa shape index (κ2) is 6.76. The van der Waals surface area contributed by atoms with Crippen molar-refractivity contribution in [1.82, 2.24) is 5.32 Å². The highest BCUT2D eigenvalue weighted by atomic mass is 16.4. The maximum atomic E-state index is 11.6. The van der Waals surface area contributed by atoms with Gasteiger partial charge in [0.25, 0.3) is 0 Å². The van der Waals surface area contributed by atoms with Gasteiger partial charge in [0.05, 0.1) is 12.1 Å². The number of aromatic carboxylic acids is 1. The van der Waals surface area contributed by atoms with Crippen LogP contribution >= 0.6 is 0 Å². The van der Waals surface area contributed by atoms with Crippen LogP contribution in [-0.2, 0) is 4.79 Å². The van der Waals surface area contributed by atoms with E-state index in [0.29, 0.717) is 11.7 Å². The minimum Gasteiger partial charge on any atom is -0.478 e. The number of carbonyl (C=O) groups is 2. The highest BCUT2D eigenvalue weighted by molar-refractivity contribution is 5.93. The molecule has 1 unspecified atom stereocenters. The maximum Gasteiger partial charge on any atom is 0.335 e. The summed E-state index contributed by atoms with van der Waals surface area (Å²) in [6.07, 6.45) is 0.959. The zero-order chi connectivity index (χ0) is 13.5. The third-order valence-corrected chi connectivity index (χ3v) is 2.64. The number of benzene rings is 1. The number of anilines is 1. The lowest BCUT2D eigenvalue weighted by Crippen LogP contribution is -2.33. The first-order valence-corrected chi connectivity index (χ1v) is 5.89. The lowest BCUT2D eigenvalue weighted by Gasteiger charge is -2.11. The maximum absolute atomic E-state index is 11.6. The average molecular weight is 250 g/mol. The molecule has 0 fully saturated rings. The first-order valence-electron chi connectivity index (χ1n) is 5.89. The minimum atomic E-state index is -0.980. The summed E-state index contributed by atoms with van der Waals surface area (Å²) < 4.78 is 0. The molecule has 0 aliphatic carbocycles. The Labute approximate surface area is 106 Å². The van der Waals surface area contributed by atoms with Crippen molar-refractivity contribution in [3.8, 4) is 0 Å². The molecule has 1 atom stereocenters. The zero-order valence-corrected chi connectivity index (χ0v) is 10.6. The fourth-order valence-corrected chi connectivity index (χ4v) is 1.31. The van der Waals surface area contributed by atoms with Gasteiger partial charge in [0.15, 0.2) is 0 Å². The van der Waals surface area contributed by atoms with Crippen LogP contribution in [0.3, 0.4) is 0 Å². The molecule has 5 nitrogen and oxygen atoms in total. The van der Waals surface area contributed by atoms with E-state index in [1.807, 2.05) is 13.8 Å². The van der Waals surface area contributed by atoms with Crippen molar-refractivity contribution in [1.29, 1.82) is 0 Å². The van der Waals surface area contributed by atoms with Crippen LogP contribution in [0, 0.1) is 0 Å². The van der Waals surface area contributed by atoms with Crippen LogP contribution in [0.25, 0.3) is 0 Å². The van der Waals surface area contributed by atoms with Crippen molar-refractivity contribution < 1.29 is 14.7 Å². The Balaban J connectivity index is 2.47. The van der Waals surface area contributed by atoms with E-state index in [-0.39, 0.29) is 18.0 Å². The van der Waals surface area contributed by atoms with Gasteiger partial charge in [0.1, 0.15) is 0 Å². The van der Waals surface area contributed by atoms with Crippen LogP contribution in [0.4, 0.5) is 5.69 Å². The summed E-state index contributed by atoms with van der Waals surface area (Å²) in [5, 5.41) is 14.5. The third kappa shape index (κ3) is 4.55. The van der Waals surface area contributed by atoms with Gasteiger partial charge in [0, 0.05) is 11.7 Å². The highest BCUT2D eigenvalue weighted by Crippen LogP contribution is 2.09. The van der Waals surface area contributed by atoms with Gasteiger partial charge in [-0.15, -0.1) is 0 Å². The summed E-state index contributed by atoms with van der Waals surface area (Å²) in [5.74, 6) is -1.12. The Hall–Kier alpha value is -1.88. The molecule has 1 amide bonds. The molecule has 0 radical (unpaired) electrons. The number of carbonyl (C=O) groups excluding carboxylic acids is 1. The van der Waals surface area contributed by atoms with Gasteiger partial charge in [0.2, 0.25) is 5.91 Å². The Morgan fingerprint density at radius 3 is 2.39 bits per heavy atom. The molecule has 3 N–H and O–H groups in total. The minimum absolute atomic E-state index is 0.140. The number of carboxylic acid groups (broad SMARTS) is 1. The fourth-order valence-electron chi connectivity index (χ4n) is 1.31. The molecule has 0 aliphatic rings. The summed E-state index contributed by atoms with van der Waals surface area (Å²) >= 11 is 0. The summed E-state index contributed by atoms with van der Waals surface area (Å²) in [5.41, 5.74) is 0.793. The van der Waals surface area contributed by atoms with Gasteiger partial charge in [-0.05, 0) is 37.6 Å². The second-order valence-electron chi connectivity index (χ2n) is 4.12. The first kappa shape index (κ1) is 14.2. The molecule has 0 aromatic heterocycles. The van der Waals surface area contributed by atoms with E-state index >= 15 is 0 Å². The van der Waals surface area contributed by atoms with Crippen molar-refractivity contribution in [3.05, 3.63) is 29.8 Å². The summed E-state index contributed by atoms with van der Waals surface area (Å²) in [6.45, 7) is 4.30. The normalized spacial score (nSPS) is 11.9. The molecule has 1 aromatic rings. The molecule has 1 aromatic carbocycles. The summed E-state index contributed by atoms with van der Waals surface area (Å²) in [6, 6.07) is 6.36. The molecule has 1 rings (SSSR count). The van der Waals surface area contributed by atoms with Crippen LogP contribution in [0.1, 0.15) is 30.6 Å². The molecular formula is C13H18N2O3. The molecule has 98 valence electrons. The average Bonchev–Trinajstić information content (AvgIpc) is 2.36. The molecule has 0 heterocycles. The largest absolute Gasteiger partial charge is 0.478 e. The lowest BCUT2D eigenvalue weighted by molar-refractivity contribution is -0.115. The van der Waals surface area contributed by atoms with Crippen molar-refractivity contribution in [2.45, 2.75) is 26.3 Å². The zero-order valence-electron chi connectivity index (χ0n) is 10.6. The lowest BCUT2D eigenvalue weighted by atomic mass is 10.2. The number of hydrogen-bond acceptors (Lipinski definition) is 3. The van der Waals surface area contributed by atoms with E-state index in [9.17, 15) is 9.59 Å². The van der Waals surface area contributed by atoms with E-state index in [2.05, 4.69) is 10.6 Å². The smallest absolute Gasteiger partial charge is 0.335 e. The first-order chi connectivity index (χ1) is 8.52. The van der Waals surface area contributed by atoms with Gasteiger partial charge in [-0.1, -0.05) is 6.92 Å². The van der Waals surface area contributed by atoms with Gasteiger partial charge < -0.3 is 15.7 Å². The fraction of sp³-hybridized carbons (Fsp3) is 0.385. The SMILES string of the molecule is CCC(C)NCC(=O)Nc1ccc(C(=O)O)cc1. The van der Waals surface area contributed by atoms with E-state index in [0.717, 1.165) is 6.42 Å². The Bertz CT molecular complexity index is 415. The summed E-state index contributed by atoms with van der Waals surface area (Å²) in [7, 11) is 0. The van der Waals surface area contributed by atoms with Crippen molar-refractivity contribution in [3.63, 3.8) is 0 Å². The molecule has 0 saturated heterocycles. The predicted molar refractivity (Wildman–Crippen MR) is 69.8 cm³/mol. The number of carboxylic acids is 1. The molecule has 0 bridgehead atoms. The monoisotopic (exact) mass is 250 g/mol. The number of rotatable bonds is 6. The molecule has 0 aliphatic heterocycles. The van der Waals surface area contributed by atoms with E-state index in [1.54, 1.807) is 12.1 Å². The number of amides is 1. The van der Waals surface area contributed by atoms with E-state index < -0.39 is 5.97 Å². The van der Waals surface area contributed by atoms with Gasteiger partial charge in [-0.25, -0.2) is 4.79 Å². The van der Waals surface area contributed by atoms with Gasteiger partial charge in [-0.2, -0.15) is 0 Å². The number of hydrogen-bond donors (Lipinski definition) is 3. The molecular weight excluding hydrogens is 232 g/mol. The van der Waals surface area contributed by atoms with Crippen LogP contribution < -0.4 is 10.6 Å². The Morgan fingerprint density at radius 1 is 1.28 bits per heavy atom. The van der Waals surface area contributed by atoms with E-state index in [1.165, 1.54) is 12.1 Å². The predicted octanol–water partition coefficient (Wildman–Crippen LogP) is 1.71. The molecule has 0 saturated carbocycles. The van der Waals surface area contributed by atoms with E-state index in [4.69, 9.17) is 5.11 Å². The summed E-state index contributed by atoms with van der Waals surface area (Å²) in [4.78, 5) is 22.2. The van der Waals surface area contributed by atoms with Crippen LogP contribution in [0.2, 0.25) is 0 Å². The Morgan fingerprint density at radius 2 is 1.89 bits per heavy atom. The molecule has 0 spiro atoms.